The van der Waals surface area contributed by atoms with Gasteiger partial charge in [-0.3, -0.25) is 23.5 Å². The Morgan fingerprint density at radius 3 is 2.40 bits per heavy atom. The normalized spacial score (nSPS) is 10.9. The van der Waals surface area contributed by atoms with Crippen LogP contribution >= 0.6 is 23.2 Å². The predicted molar refractivity (Wildman–Crippen MR) is 153 cm³/mol. The molecule has 0 bridgehead atoms. The van der Waals surface area contributed by atoms with Crippen molar-refractivity contribution in [1.82, 2.24) is 14.5 Å². The van der Waals surface area contributed by atoms with Crippen LogP contribution in [0.2, 0.25) is 10.0 Å². The SMILES string of the molecule is O=C(Cn1c(=O)n(Cc2ccc(C(=O)NCc3ccco3)cc2)c(=O)c2ccccc21)Nc1cc(Cl)ccc1Cl. The van der Waals surface area contributed by atoms with Crippen LogP contribution < -0.4 is 21.9 Å². The number of anilines is 1. The van der Waals surface area contributed by atoms with E-state index < -0.39 is 17.2 Å². The zero-order chi connectivity index (χ0) is 28.2. The first kappa shape index (κ1) is 27.0. The summed E-state index contributed by atoms with van der Waals surface area (Å²) in [4.78, 5) is 52.2. The van der Waals surface area contributed by atoms with Crippen molar-refractivity contribution < 1.29 is 14.0 Å². The molecule has 2 heterocycles. The van der Waals surface area contributed by atoms with Gasteiger partial charge in [0.05, 0.1) is 41.0 Å². The molecule has 0 atom stereocenters. The summed E-state index contributed by atoms with van der Waals surface area (Å²) in [6, 6.07) is 21.3. The Hall–Kier alpha value is -4.60. The van der Waals surface area contributed by atoms with E-state index in [1.165, 1.54) is 16.9 Å². The lowest BCUT2D eigenvalue weighted by Gasteiger charge is -2.15. The maximum atomic E-state index is 13.5. The number of nitrogens with one attached hydrogen (secondary N) is 2. The second kappa shape index (κ2) is 11.6. The zero-order valence-corrected chi connectivity index (χ0v) is 22.4. The number of nitrogens with zero attached hydrogens (tertiary/aromatic N) is 2. The lowest BCUT2D eigenvalue weighted by molar-refractivity contribution is -0.116. The summed E-state index contributed by atoms with van der Waals surface area (Å²) in [5, 5.41) is 6.39. The van der Waals surface area contributed by atoms with Crippen LogP contribution in [0.15, 0.2) is 99.1 Å². The molecule has 0 aliphatic heterocycles. The van der Waals surface area contributed by atoms with Crippen molar-refractivity contribution in [3.05, 3.63) is 133 Å². The summed E-state index contributed by atoms with van der Waals surface area (Å²) < 4.78 is 7.52. The summed E-state index contributed by atoms with van der Waals surface area (Å²) >= 11 is 12.2. The van der Waals surface area contributed by atoms with Gasteiger partial charge in [-0.1, -0.05) is 47.5 Å². The number of amides is 2. The molecular weight excluding hydrogens is 555 g/mol. The van der Waals surface area contributed by atoms with Crippen LogP contribution in [0.25, 0.3) is 10.9 Å². The van der Waals surface area contributed by atoms with Crippen LogP contribution in [0.3, 0.4) is 0 Å². The molecule has 40 heavy (non-hydrogen) atoms. The summed E-state index contributed by atoms with van der Waals surface area (Å²) in [5.74, 6) is -0.188. The minimum absolute atomic E-state index is 0.0570. The van der Waals surface area contributed by atoms with Crippen LogP contribution in [0.4, 0.5) is 5.69 Å². The highest BCUT2D eigenvalue weighted by atomic mass is 35.5. The molecule has 5 rings (SSSR count). The number of halogens is 2. The van der Waals surface area contributed by atoms with Crippen LogP contribution in [-0.4, -0.2) is 20.9 Å². The number of aromatic nitrogens is 2. The Balaban J connectivity index is 1.40. The van der Waals surface area contributed by atoms with E-state index in [1.807, 2.05) is 0 Å². The van der Waals surface area contributed by atoms with Gasteiger partial charge in [-0.2, -0.15) is 0 Å². The summed E-state index contributed by atoms with van der Waals surface area (Å²) in [6.45, 7) is -0.174. The fourth-order valence-electron chi connectivity index (χ4n) is 4.22. The molecule has 0 fully saturated rings. The fraction of sp³-hybridized carbons (Fsp3) is 0.103. The third-order valence-electron chi connectivity index (χ3n) is 6.20. The summed E-state index contributed by atoms with van der Waals surface area (Å²) in [5.41, 5.74) is 0.517. The third kappa shape index (κ3) is 5.85. The molecule has 5 aromatic rings. The van der Waals surface area contributed by atoms with Crippen molar-refractivity contribution in [1.29, 1.82) is 0 Å². The van der Waals surface area contributed by atoms with Crippen molar-refractivity contribution in [3.8, 4) is 0 Å². The Morgan fingerprint density at radius 2 is 1.65 bits per heavy atom. The van der Waals surface area contributed by atoms with E-state index in [-0.39, 0.29) is 36.0 Å². The van der Waals surface area contributed by atoms with Crippen molar-refractivity contribution in [2.45, 2.75) is 19.6 Å². The molecule has 202 valence electrons. The van der Waals surface area contributed by atoms with Gasteiger partial charge in [-0.25, -0.2) is 4.79 Å². The molecule has 0 aliphatic rings. The van der Waals surface area contributed by atoms with E-state index in [4.69, 9.17) is 27.6 Å². The van der Waals surface area contributed by atoms with E-state index in [0.29, 0.717) is 33.1 Å². The largest absolute Gasteiger partial charge is 0.467 e. The van der Waals surface area contributed by atoms with Gasteiger partial charge < -0.3 is 15.1 Å². The van der Waals surface area contributed by atoms with Gasteiger partial charge in [0.15, 0.2) is 0 Å². The molecule has 0 aliphatic carbocycles. The highest BCUT2D eigenvalue weighted by Gasteiger charge is 2.17. The average molecular weight is 577 g/mol. The predicted octanol–water partition coefficient (Wildman–Crippen LogP) is 4.68. The molecule has 0 unspecified atom stereocenters. The topological polar surface area (TPSA) is 115 Å². The van der Waals surface area contributed by atoms with E-state index in [1.54, 1.807) is 72.8 Å². The Kier molecular flexibility index (Phi) is 7.86. The molecule has 0 radical (unpaired) electrons. The number of hydrogen-bond acceptors (Lipinski definition) is 5. The molecule has 2 N–H and O–H groups in total. The average Bonchev–Trinajstić information content (AvgIpc) is 3.48. The standard InChI is InChI=1S/C29H22Cl2N4O5/c30-20-11-12-23(31)24(14-20)33-26(36)17-34-25-6-2-1-5-22(25)28(38)35(29(34)39)16-18-7-9-19(10-8-18)27(37)32-15-21-4-3-13-40-21/h1-14H,15-17H2,(H,32,37)(H,33,36). The van der Waals surface area contributed by atoms with E-state index in [2.05, 4.69) is 10.6 Å². The maximum Gasteiger partial charge on any atom is 0.332 e. The monoisotopic (exact) mass is 576 g/mol. The Morgan fingerprint density at radius 1 is 0.875 bits per heavy atom. The Labute approximate surface area is 237 Å². The molecule has 0 saturated carbocycles. The quantitative estimate of drug-likeness (QED) is 0.278. The number of carbonyl (C=O) groups is 2. The van der Waals surface area contributed by atoms with Gasteiger partial charge in [0.25, 0.3) is 11.5 Å². The molecule has 0 saturated heterocycles. The number of para-hydroxylation sites is 1. The van der Waals surface area contributed by atoms with Gasteiger partial charge in [0.1, 0.15) is 12.3 Å². The zero-order valence-electron chi connectivity index (χ0n) is 20.9. The molecular formula is C29H22Cl2N4O5. The van der Waals surface area contributed by atoms with E-state index >= 15 is 0 Å². The number of furan rings is 1. The lowest BCUT2D eigenvalue weighted by Crippen LogP contribution is -2.42. The highest BCUT2D eigenvalue weighted by molar-refractivity contribution is 6.35. The second-order valence-electron chi connectivity index (χ2n) is 8.91. The van der Waals surface area contributed by atoms with Crippen molar-refractivity contribution in [3.63, 3.8) is 0 Å². The van der Waals surface area contributed by atoms with Gasteiger partial charge in [-0.15, -0.1) is 0 Å². The van der Waals surface area contributed by atoms with E-state index in [9.17, 15) is 19.2 Å². The molecule has 3 aromatic carbocycles. The van der Waals surface area contributed by atoms with Gasteiger partial charge in [0, 0.05) is 10.6 Å². The van der Waals surface area contributed by atoms with Gasteiger partial charge >= 0.3 is 5.69 Å². The van der Waals surface area contributed by atoms with Crippen LogP contribution in [0.1, 0.15) is 21.7 Å². The van der Waals surface area contributed by atoms with Crippen LogP contribution in [-0.2, 0) is 24.4 Å². The molecule has 11 heteroatoms. The highest BCUT2D eigenvalue weighted by Crippen LogP contribution is 2.25. The first-order valence-electron chi connectivity index (χ1n) is 12.2. The number of rotatable bonds is 8. The molecule has 9 nitrogen and oxygen atoms in total. The van der Waals surface area contributed by atoms with Crippen LogP contribution in [0, 0.1) is 0 Å². The second-order valence-corrected chi connectivity index (χ2v) is 9.75. The van der Waals surface area contributed by atoms with Gasteiger partial charge in [-0.05, 0) is 60.2 Å². The molecule has 2 amide bonds. The molecule has 2 aromatic heterocycles. The lowest BCUT2D eigenvalue weighted by atomic mass is 10.1. The number of carbonyl (C=O) groups excluding carboxylic acids is 2. The third-order valence-corrected chi connectivity index (χ3v) is 6.76. The summed E-state index contributed by atoms with van der Waals surface area (Å²) in [7, 11) is 0. The Bertz CT molecular complexity index is 1830. The van der Waals surface area contributed by atoms with E-state index in [0.717, 1.165) is 4.57 Å². The van der Waals surface area contributed by atoms with Crippen molar-refractivity contribution in [2.75, 3.05) is 5.32 Å². The van der Waals surface area contributed by atoms with Gasteiger partial charge in [0.2, 0.25) is 5.91 Å². The minimum Gasteiger partial charge on any atom is -0.467 e. The molecule has 0 spiro atoms. The first-order valence-corrected chi connectivity index (χ1v) is 12.9. The number of benzene rings is 3. The van der Waals surface area contributed by atoms with Crippen LogP contribution in [0.5, 0.6) is 0 Å². The van der Waals surface area contributed by atoms with Crippen molar-refractivity contribution >= 4 is 51.6 Å². The van der Waals surface area contributed by atoms with Crippen molar-refractivity contribution in [2.24, 2.45) is 0 Å². The number of fused-ring (bicyclic) bond motifs is 1. The summed E-state index contributed by atoms with van der Waals surface area (Å²) in [6.07, 6.45) is 1.53. The maximum absolute atomic E-state index is 13.5. The first-order chi connectivity index (χ1) is 19.3. The minimum atomic E-state index is -0.656. The number of hydrogen-bond donors (Lipinski definition) is 2. The fourth-order valence-corrected chi connectivity index (χ4v) is 4.55. The smallest absolute Gasteiger partial charge is 0.332 e.